The minimum absolute atomic E-state index is 0.000225. The van der Waals surface area contributed by atoms with E-state index in [1.807, 2.05) is 0 Å². The molecule has 0 radical (unpaired) electrons. The Balaban J connectivity index is 2.42. The summed E-state index contributed by atoms with van der Waals surface area (Å²) < 4.78 is 48.9. The first-order valence-corrected chi connectivity index (χ1v) is 11.1. The number of hydrogen-bond acceptors (Lipinski definition) is 6. The zero-order valence-electron chi connectivity index (χ0n) is 16.2. The Labute approximate surface area is 169 Å². The first kappa shape index (κ1) is 22.9. The Kier molecular flexibility index (Phi) is 6.65. The lowest BCUT2D eigenvalue weighted by molar-refractivity contribution is -0.0862. The van der Waals surface area contributed by atoms with E-state index in [0.29, 0.717) is 0 Å². The molecule has 158 valence electrons. The summed E-state index contributed by atoms with van der Waals surface area (Å²) in [6, 6.07) is 3.84. The monoisotopic (exact) mass is 437 g/mol. The minimum Gasteiger partial charge on any atom is -0.444 e. The molecule has 0 aliphatic carbocycles. The molecule has 0 bridgehead atoms. The number of ether oxygens (including phenoxy) is 2. The van der Waals surface area contributed by atoms with Crippen LogP contribution in [0.4, 0.5) is 9.18 Å². The lowest BCUT2D eigenvalue weighted by atomic mass is 9.92. The lowest BCUT2D eigenvalue weighted by Crippen LogP contribution is -2.52. The van der Waals surface area contributed by atoms with E-state index in [1.165, 1.54) is 17.0 Å². The molecule has 1 fully saturated rings. The highest BCUT2D eigenvalue weighted by molar-refractivity contribution is 7.90. The molecule has 10 heteroatoms. The van der Waals surface area contributed by atoms with E-state index < -0.39 is 44.8 Å². The van der Waals surface area contributed by atoms with Gasteiger partial charge in [0.1, 0.15) is 33.0 Å². The largest absolute Gasteiger partial charge is 0.444 e. The summed E-state index contributed by atoms with van der Waals surface area (Å²) >= 11 is 5.71. The Bertz CT molecular complexity index is 841. The molecule has 7 nitrogen and oxygen atoms in total. The van der Waals surface area contributed by atoms with Crippen molar-refractivity contribution < 1.29 is 32.2 Å². The lowest BCUT2D eigenvalue weighted by Gasteiger charge is -2.36. The summed E-state index contributed by atoms with van der Waals surface area (Å²) in [5, 5.41) is 11.2. The molecule has 1 aromatic rings. The maximum Gasteiger partial charge on any atom is 0.410 e. The van der Waals surface area contributed by atoms with Crippen LogP contribution in [-0.4, -0.2) is 67.4 Å². The second kappa shape index (κ2) is 8.14. The SMILES string of the molecule is CC(C)(C)OC(=O)N1CCOC(c2ccc(Cl)c(F)c2)C(O)(CS(C)(=O)=O)C1. The van der Waals surface area contributed by atoms with Crippen molar-refractivity contribution in [3.8, 4) is 0 Å². The number of hydrogen-bond donors (Lipinski definition) is 1. The van der Waals surface area contributed by atoms with Crippen LogP contribution in [0.15, 0.2) is 18.2 Å². The van der Waals surface area contributed by atoms with Gasteiger partial charge in [-0.15, -0.1) is 0 Å². The molecular formula is C18H25ClFNO6S. The van der Waals surface area contributed by atoms with Crippen molar-refractivity contribution in [2.45, 2.75) is 38.1 Å². The first-order valence-electron chi connectivity index (χ1n) is 8.65. The highest BCUT2D eigenvalue weighted by Crippen LogP contribution is 2.35. The van der Waals surface area contributed by atoms with Crippen LogP contribution in [0.2, 0.25) is 5.02 Å². The molecule has 1 aromatic carbocycles. The van der Waals surface area contributed by atoms with E-state index in [4.69, 9.17) is 21.1 Å². The first-order chi connectivity index (χ1) is 12.7. The predicted molar refractivity (Wildman–Crippen MR) is 103 cm³/mol. The normalized spacial score (nSPS) is 24.0. The van der Waals surface area contributed by atoms with Crippen molar-refractivity contribution >= 4 is 27.5 Å². The van der Waals surface area contributed by atoms with Gasteiger partial charge in [0.2, 0.25) is 0 Å². The van der Waals surface area contributed by atoms with Gasteiger partial charge < -0.3 is 19.5 Å². The molecule has 1 amide bonds. The zero-order chi connectivity index (χ0) is 21.3. The van der Waals surface area contributed by atoms with Gasteiger partial charge in [0, 0.05) is 12.8 Å². The van der Waals surface area contributed by atoms with Gasteiger partial charge in [-0.3, -0.25) is 0 Å². The number of amides is 1. The van der Waals surface area contributed by atoms with Crippen LogP contribution in [0.1, 0.15) is 32.4 Å². The number of carbonyl (C=O) groups is 1. The van der Waals surface area contributed by atoms with Crippen molar-refractivity contribution in [2.24, 2.45) is 0 Å². The number of benzene rings is 1. The van der Waals surface area contributed by atoms with Crippen LogP contribution in [0, 0.1) is 5.82 Å². The Morgan fingerprint density at radius 2 is 2.11 bits per heavy atom. The highest BCUT2D eigenvalue weighted by atomic mass is 35.5. The van der Waals surface area contributed by atoms with Crippen LogP contribution in [0.3, 0.4) is 0 Å². The van der Waals surface area contributed by atoms with E-state index in [1.54, 1.807) is 20.8 Å². The standard InChI is InChI=1S/C18H25ClFNO6S/c1-17(2,3)27-16(22)21-7-8-26-15(12-5-6-13(19)14(20)9-12)18(23,10-21)11-28(4,24)25/h5-6,9,15,23H,7-8,10-11H2,1-4H3. The second-order valence-corrected chi connectivity index (χ2v) is 10.5. The number of sulfone groups is 1. The van der Waals surface area contributed by atoms with Crippen molar-refractivity contribution in [2.75, 3.05) is 31.7 Å². The van der Waals surface area contributed by atoms with Crippen LogP contribution in [-0.2, 0) is 19.3 Å². The summed E-state index contributed by atoms with van der Waals surface area (Å²) in [5.74, 6) is -1.41. The summed E-state index contributed by atoms with van der Waals surface area (Å²) in [7, 11) is -3.67. The Morgan fingerprint density at radius 3 is 2.64 bits per heavy atom. The molecule has 2 unspecified atom stereocenters. The molecule has 28 heavy (non-hydrogen) atoms. The number of rotatable bonds is 3. The van der Waals surface area contributed by atoms with Gasteiger partial charge in [0.25, 0.3) is 0 Å². The molecule has 0 aromatic heterocycles. The maximum atomic E-state index is 13.9. The minimum atomic E-state index is -3.67. The smallest absolute Gasteiger partial charge is 0.410 e. The number of aliphatic hydroxyl groups is 1. The van der Waals surface area contributed by atoms with Gasteiger partial charge in [0.05, 0.1) is 23.9 Å². The molecule has 1 aliphatic heterocycles. The summed E-state index contributed by atoms with van der Waals surface area (Å²) in [4.78, 5) is 13.7. The van der Waals surface area contributed by atoms with E-state index in [0.717, 1.165) is 12.3 Å². The van der Waals surface area contributed by atoms with Crippen LogP contribution in [0.5, 0.6) is 0 Å². The fourth-order valence-electron chi connectivity index (χ4n) is 3.07. The fourth-order valence-corrected chi connectivity index (χ4v) is 4.34. The molecule has 0 saturated carbocycles. The quantitative estimate of drug-likeness (QED) is 0.781. The van der Waals surface area contributed by atoms with Crippen LogP contribution in [0.25, 0.3) is 0 Å². The molecule has 0 spiro atoms. The Morgan fingerprint density at radius 1 is 1.46 bits per heavy atom. The van der Waals surface area contributed by atoms with Crippen molar-refractivity contribution in [3.05, 3.63) is 34.6 Å². The highest BCUT2D eigenvalue weighted by Gasteiger charge is 2.46. The fraction of sp³-hybridized carbons (Fsp3) is 0.611. The van der Waals surface area contributed by atoms with E-state index >= 15 is 0 Å². The van der Waals surface area contributed by atoms with E-state index in [-0.39, 0.29) is 30.3 Å². The summed E-state index contributed by atoms with van der Waals surface area (Å²) in [6.07, 6.45) is -0.917. The molecule has 1 heterocycles. The van der Waals surface area contributed by atoms with E-state index in [9.17, 15) is 22.7 Å². The van der Waals surface area contributed by atoms with Gasteiger partial charge in [-0.2, -0.15) is 0 Å². The molecule has 1 aliphatic rings. The number of nitrogens with zero attached hydrogens (tertiary/aromatic N) is 1. The average molecular weight is 438 g/mol. The summed E-state index contributed by atoms with van der Waals surface area (Å²) in [5.41, 5.74) is -2.56. The number of β-amino-alcohol motifs (C(OH)–C–C–N with tert-alkyl or cyclic N) is 1. The van der Waals surface area contributed by atoms with Gasteiger partial charge >= 0.3 is 6.09 Å². The number of carbonyl (C=O) groups excluding carboxylic acids is 1. The third-order valence-corrected chi connectivity index (χ3v) is 5.34. The van der Waals surface area contributed by atoms with Crippen molar-refractivity contribution in [1.82, 2.24) is 4.90 Å². The second-order valence-electron chi connectivity index (χ2n) is 8.00. The molecule has 1 N–H and O–H groups in total. The average Bonchev–Trinajstić information content (AvgIpc) is 2.65. The third-order valence-electron chi connectivity index (χ3n) is 4.01. The summed E-state index contributed by atoms with van der Waals surface area (Å²) in [6.45, 7) is 4.81. The topological polar surface area (TPSA) is 93.1 Å². The number of halogens is 2. The Hall–Kier alpha value is -1.42. The maximum absolute atomic E-state index is 13.9. The van der Waals surface area contributed by atoms with Crippen LogP contribution < -0.4 is 0 Å². The molecule has 2 rings (SSSR count). The molecule has 1 saturated heterocycles. The van der Waals surface area contributed by atoms with Gasteiger partial charge in [-0.05, 0) is 38.5 Å². The third kappa shape index (κ3) is 6.04. The molecule has 2 atom stereocenters. The van der Waals surface area contributed by atoms with Gasteiger partial charge in [0.15, 0.2) is 0 Å². The van der Waals surface area contributed by atoms with Gasteiger partial charge in [-0.25, -0.2) is 17.6 Å². The molecular weight excluding hydrogens is 413 g/mol. The van der Waals surface area contributed by atoms with E-state index in [2.05, 4.69) is 0 Å². The predicted octanol–water partition coefficient (Wildman–Crippen LogP) is 2.56. The van der Waals surface area contributed by atoms with Crippen molar-refractivity contribution in [3.63, 3.8) is 0 Å². The zero-order valence-corrected chi connectivity index (χ0v) is 17.8. The van der Waals surface area contributed by atoms with Crippen molar-refractivity contribution in [1.29, 1.82) is 0 Å². The van der Waals surface area contributed by atoms with Gasteiger partial charge in [-0.1, -0.05) is 17.7 Å². The van der Waals surface area contributed by atoms with Crippen LogP contribution >= 0.6 is 11.6 Å².